The molecule has 1 amide bonds. The first-order chi connectivity index (χ1) is 9.95. The Labute approximate surface area is 127 Å². The van der Waals surface area contributed by atoms with Gasteiger partial charge < -0.3 is 10.8 Å². The number of nitrogens with two attached hydrogens (primary N) is 1. The third-order valence-electron chi connectivity index (χ3n) is 4.46. The van der Waals surface area contributed by atoms with Gasteiger partial charge in [-0.1, -0.05) is 51.3 Å². The van der Waals surface area contributed by atoms with Gasteiger partial charge in [0.2, 0.25) is 0 Å². The first kappa shape index (κ1) is 16.0. The molecule has 1 aliphatic rings. The summed E-state index contributed by atoms with van der Waals surface area (Å²) in [4.78, 5) is 11.9. The molecule has 1 aromatic carbocycles. The molecule has 0 spiro atoms. The Morgan fingerprint density at radius 2 is 2.10 bits per heavy atom. The highest BCUT2D eigenvalue weighted by Crippen LogP contribution is 2.39. The molecule has 3 N–H and O–H groups in total. The van der Waals surface area contributed by atoms with Crippen molar-refractivity contribution < 1.29 is 9.90 Å². The molecular weight excluding hydrogens is 262 g/mol. The SMILES string of the molecule is CC(C)CC(O)(C(N)=O)c1[c]cccc1C1CCCCC1. The number of carbonyl (C=O) groups excluding carboxylic acids is 1. The third kappa shape index (κ3) is 3.46. The van der Waals surface area contributed by atoms with Crippen molar-refractivity contribution >= 4 is 5.91 Å². The van der Waals surface area contributed by atoms with Crippen molar-refractivity contribution in [2.24, 2.45) is 11.7 Å². The van der Waals surface area contributed by atoms with Gasteiger partial charge in [0.1, 0.15) is 0 Å². The molecule has 115 valence electrons. The lowest BCUT2D eigenvalue weighted by Gasteiger charge is -2.32. The topological polar surface area (TPSA) is 63.3 Å². The van der Waals surface area contributed by atoms with Crippen LogP contribution in [0.4, 0.5) is 0 Å². The van der Waals surface area contributed by atoms with Gasteiger partial charge in [-0.3, -0.25) is 4.79 Å². The summed E-state index contributed by atoms with van der Waals surface area (Å²) in [6.07, 6.45) is 6.25. The summed E-state index contributed by atoms with van der Waals surface area (Å²) in [5.41, 5.74) is 5.58. The van der Waals surface area contributed by atoms with Crippen LogP contribution in [0.2, 0.25) is 0 Å². The van der Waals surface area contributed by atoms with Crippen molar-refractivity contribution in [3.63, 3.8) is 0 Å². The van der Waals surface area contributed by atoms with E-state index in [2.05, 4.69) is 6.07 Å². The molecule has 1 aromatic rings. The standard InChI is InChI=1S/C18H26NO2/c1-13(2)12-18(21,17(19)20)16-11-7-6-10-15(16)14-8-4-3-5-9-14/h6-7,10,13-14,21H,3-5,8-9,12H2,1-2H3,(H2,19,20). The second-order valence-electron chi connectivity index (χ2n) is 6.66. The van der Waals surface area contributed by atoms with Crippen molar-refractivity contribution in [2.45, 2.75) is 63.9 Å². The van der Waals surface area contributed by atoms with E-state index < -0.39 is 11.5 Å². The van der Waals surface area contributed by atoms with Gasteiger partial charge >= 0.3 is 0 Å². The monoisotopic (exact) mass is 288 g/mol. The number of benzene rings is 1. The first-order valence-corrected chi connectivity index (χ1v) is 7.98. The van der Waals surface area contributed by atoms with Gasteiger partial charge in [-0.15, -0.1) is 0 Å². The van der Waals surface area contributed by atoms with E-state index in [-0.39, 0.29) is 5.92 Å². The van der Waals surface area contributed by atoms with E-state index in [1.54, 1.807) is 6.07 Å². The van der Waals surface area contributed by atoms with Crippen molar-refractivity contribution in [2.75, 3.05) is 0 Å². The van der Waals surface area contributed by atoms with E-state index in [9.17, 15) is 9.90 Å². The van der Waals surface area contributed by atoms with Crippen molar-refractivity contribution in [1.29, 1.82) is 0 Å². The number of aliphatic hydroxyl groups is 1. The third-order valence-corrected chi connectivity index (χ3v) is 4.46. The van der Waals surface area contributed by atoms with Gasteiger partial charge in [-0.05, 0) is 42.7 Å². The molecule has 0 aromatic heterocycles. The van der Waals surface area contributed by atoms with E-state index in [0.29, 0.717) is 17.9 Å². The van der Waals surface area contributed by atoms with Crippen LogP contribution >= 0.6 is 0 Å². The fraction of sp³-hybridized carbons (Fsp3) is 0.611. The Morgan fingerprint density at radius 1 is 1.43 bits per heavy atom. The van der Waals surface area contributed by atoms with Crippen molar-refractivity contribution in [1.82, 2.24) is 0 Å². The van der Waals surface area contributed by atoms with Gasteiger partial charge in [0.15, 0.2) is 5.60 Å². The molecule has 0 aliphatic heterocycles. The maximum Gasteiger partial charge on any atom is 0.254 e. The molecule has 1 aliphatic carbocycles. The van der Waals surface area contributed by atoms with E-state index in [1.165, 1.54) is 19.3 Å². The highest BCUT2D eigenvalue weighted by molar-refractivity contribution is 5.85. The minimum absolute atomic E-state index is 0.176. The van der Waals surface area contributed by atoms with E-state index in [1.807, 2.05) is 26.0 Å². The van der Waals surface area contributed by atoms with Crippen LogP contribution in [0.1, 0.15) is 69.4 Å². The van der Waals surface area contributed by atoms with E-state index in [4.69, 9.17) is 5.73 Å². The zero-order valence-corrected chi connectivity index (χ0v) is 13.1. The molecule has 0 heterocycles. The fourth-order valence-corrected chi connectivity index (χ4v) is 3.48. The number of carbonyl (C=O) groups is 1. The zero-order valence-electron chi connectivity index (χ0n) is 13.1. The molecule has 1 unspecified atom stereocenters. The minimum Gasteiger partial charge on any atom is -0.375 e. The molecule has 1 fully saturated rings. The van der Waals surface area contributed by atoms with Crippen LogP contribution < -0.4 is 5.73 Å². The summed E-state index contributed by atoms with van der Waals surface area (Å²) in [5, 5.41) is 10.9. The predicted molar refractivity (Wildman–Crippen MR) is 83.7 cm³/mol. The van der Waals surface area contributed by atoms with Gasteiger partial charge in [-0.2, -0.15) is 0 Å². The van der Waals surface area contributed by atoms with Crippen molar-refractivity contribution in [3.8, 4) is 0 Å². The average Bonchev–Trinajstić information content (AvgIpc) is 2.47. The second kappa shape index (κ2) is 6.61. The maximum atomic E-state index is 11.9. The van der Waals surface area contributed by atoms with Gasteiger partial charge in [-0.25, -0.2) is 0 Å². The van der Waals surface area contributed by atoms with Crippen LogP contribution in [-0.2, 0) is 10.4 Å². The number of hydrogen-bond acceptors (Lipinski definition) is 2. The summed E-state index contributed by atoms with van der Waals surface area (Å²) >= 11 is 0. The Kier molecular flexibility index (Phi) is 5.04. The largest absolute Gasteiger partial charge is 0.375 e. The van der Waals surface area contributed by atoms with Crippen LogP contribution in [0.25, 0.3) is 0 Å². The smallest absolute Gasteiger partial charge is 0.254 e. The molecule has 1 saturated carbocycles. The van der Waals surface area contributed by atoms with Crippen LogP contribution in [0.5, 0.6) is 0 Å². The summed E-state index contributed by atoms with van der Waals surface area (Å²) < 4.78 is 0. The molecule has 0 bridgehead atoms. The normalized spacial score (nSPS) is 19.4. The quantitative estimate of drug-likeness (QED) is 0.873. The molecule has 1 radical (unpaired) electrons. The van der Waals surface area contributed by atoms with Gasteiger partial charge in [0.25, 0.3) is 5.91 Å². The fourth-order valence-electron chi connectivity index (χ4n) is 3.48. The molecule has 3 heteroatoms. The van der Waals surface area contributed by atoms with Crippen LogP contribution in [-0.4, -0.2) is 11.0 Å². The summed E-state index contributed by atoms with van der Waals surface area (Å²) in [7, 11) is 0. The lowest BCUT2D eigenvalue weighted by atomic mass is 9.76. The average molecular weight is 288 g/mol. The first-order valence-electron chi connectivity index (χ1n) is 7.98. The molecule has 2 rings (SSSR count). The summed E-state index contributed by atoms with van der Waals surface area (Å²) in [5.74, 6) is -0.0877. The zero-order chi connectivity index (χ0) is 15.5. The van der Waals surface area contributed by atoms with Crippen LogP contribution in [0.15, 0.2) is 18.2 Å². The Morgan fingerprint density at radius 3 is 2.67 bits per heavy atom. The number of primary amides is 1. The van der Waals surface area contributed by atoms with Gasteiger partial charge in [0.05, 0.1) is 0 Å². The second-order valence-corrected chi connectivity index (χ2v) is 6.66. The van der Waals surface area contributed by atoms with Crippen LogP contribution in [0, 0.1) is 12.0 Å². The lowest BCUT2D eigenvalue weighted by molar-refractivity contribution is -0.139. The predicted octanol–water partition coefficient (Wildman–Crippen LogP) is 3.25. The lowest BCUT2D eigenvalue weighted by Crippen LogP contribution is -2.43. The van der Waals surface area contributed by atoms with E-state index in [0.717, 1.165) is 18.4 Å². The Bertz CT molecular complexity index is 492. The summed E-state index contributed by atoms with van der Waals surface area (Å²) in [6, 6.07) is 8.83. The highest BCUT2D eigenvalue weighted by atomic mass is 16.3. The molecule has 1 atom stereocenters. The Hall–Kier alpha value is -1.35. The maximum absolute atomic E-state index is 11.9. The molecule has 3 nitrogen and oxygen atoms in total. The summed E-state index contributed by atoms with van der Waals surface area (Å²) in [6.45, 7) is 3.97. The van der Waals surface area contributed by atoms with Crippen LogP contribution in [0.3, 0.4) is 0 Å². The van der Waals surface area contributed by atoms with Gasteiger partial charge in [0, 0.05) is 5.56 Å². The molecule has 0 saturated heterocycles. The van der Waals surface area contributed by atoms with Crippen molar-refractivity contribution in [3.05, 3.63) is 35.4 Å². The number of hydrogen-bond donors (Lipinski definition) is 2. The highest BCUT2D eigenvalue weighted by Gasteiger charge is 2.39. The molecule has 21 heavy (non-hydrogen) atoms. The number of amides is 1. The minimum atomic E-state index is -1.61. The number of rotatable bonds is 5. The Balaban J connectivity index is 2.43. The van der Waals surface area contributed by atoms with E-state index >= 15 is 0 Å². The molecular formula is C18H26NO2.